The van der Waals surface area contributed by atoms with Gasteiger partial charge < -0.3 is 14.5 Å². The van der Waals surface area contributed by atoms with Gasteiger partial charge in [-0.2, -0.15) is 0 Å². The van der Waals surface area contributed by atoms with E-state index < -0.39 is 28.1 Å². The summed E-state index contributed by atoms with van der Waals surface area (Å²) in [5, 5.41) is 0. The molecule has 1 fully saturated rings. The van der Waals surface area contributed by atoms with Crippen molar-refractivity contribution < 1.29 is 27.1 Å². The number of carbonyl (C=O) groups excluding carboxylic acids is 1. The summed E-state index contributed by atoms with van der Waals surface area (Å²) in [5.41, 5.74) is 2.67. The lowest BCUT2D eigenvalue weighted by Gasteiger charge is -2.16. The summed E-state index contributed by atoms with van der Waals surface area (Å²) < 4.78 is 48.2. The minimum Gasteiger partial charge on any atom is -0.465 e. The third kappa shape index (κ3) is 4.98. The number of halogens is 1. The third-order valence-electron chi connectivity index (χ3n) is 5.42. The van der Waals surface area contributed by atoms with Crippen LogP contribution in [-0.4, -0.2) is 68.0 Å². The molecule has 1 aliphatic heterocycles. The Balaban J connectivity index is 1.35. The highest BCUT2D eigenvalue weighted by Gasteiger charge is 2.33. The summed E-state index contributed by atoms with van der Waals surface area (Å²) in [5.74, 6) is 0.112. The second-order valence-corrected chi connectivity index (χ2v) is 9.90. The Morgan fingerprint density at radius 1 is 1.22 bits per heavy atom. The lowest BCUT2D eigenvalue weighted by molar-refractivity contribution is 0.00864. The number of rotatable bonds is 7. The zero-order valence-corrected chi connectivity index (χ0v) is 18.6. The number of hydrogen-bond donors (Lipinski definition) is 1. The molecule has 8 nitrogen and oxygen atoms in total. The van der Waals surface area contributed by atoms with Crippen molar-refractivity contribution in [3.63, 3.8) is 0 Å². The predicted octanol–water partition coefficient (Wildman–Crippen LogP) is 2.49. The highest BCUT2D eigenvalue weighted by molar-refractivity contribution is 7.90. The lowest BCUT2D eigenvalue weighted by Crippen LogP contribution is -2.24. The number of fused-ring (bicyclic) bond motifs is 1. The largest absolute Gasteiger partial charge is 0.465 e. The Bertz CT molecular complexity index is 1230. The monoisotopic (exact) mass is 461 g/mol. The second kappa shape index (κ2) is 8.97. The molecule has 0 amide bonds. The van der Waals surface area contributed by atoms with E-state index in [1.807, 2.05) is 4.90 Å². The number of hydrogen-bond acceptors (Lipinski definition) is 7. The van der Waals surface area contributed by atoms with Crippen LogP contribution in [0.4, 0.5) is 4.39 Å². The Morgan fingerprint density at radius 2 is 1.97 bits per heavy atom. The van der Waals surface area contributed by atoms with E-state index in [-0.39, 0.29) is 18.0 Å². The highest BCUT2D eigenvalue weighted by atomic mass is 32.2. The van der Waals surface area contributed by atoms with Crippen LogP contribution in [0, 0.1) is 0 Å². The molecule has 0 spiro atoms. The summed E-state index contributed by atoms with van der Waals surface area (Å²) in [4.78, 5) is 21.4. The number of likely N-dealkylation sites (tertiary alicyclic amines) is 1. The van der Waals surface area contributed by atoms with Crippen molar-refractivity contribution in [3.8, 4) is 0 Å². The van der Waals surface area contributed by atoms with Gasteiger partial charge in [-0.1, -0.05) is 12.1 Å². The van der Waals surface area contributed by atoms with Crippen molar-refractivity contribution in [1.29, 1.82) is 0 Å². The molecule has 2 atom stereocenters. The van der Waals surface area contributed by atoms with E-state index in [9.17, 15) is 17.6 Å². The first-order valence-electron chi connectivity index (χ1n) is 10.1. The van der Waals surface area contributed by atoms with Crippen LogP contribution < -0.4 is 0 Å². The number of nitrogens with zero attached hydrogens (tertiary/aromatic N) is 2. The van der Waals surface area contributed by atoms with Crippen LogP contribution in [0.1, 0.15) is 21.7 Å². The van der Waals surface area contributed by atoms with Crippen LogP contribution in [0.3, 0.4) is 0 Å². The molecule has 3 aromatic rings. The molecule has 10 heteroatoms. The number of alkyl halides is 1. The maximum absolute atomic E-state index is 14.5. The minimum absolute atomic E-state index is 0.115. The molecule has 170 valence electrons. The number of sulfone groups is 1. The minimum atomic E-state index is -3.24. The normalized spacial score (nSPS) is 19.5. The number of benzene rings is 2. The number of methoxy groups -OCH3 is 1. The average molecular weight is 462 g/mol. The molecule has 0 bridgehead atoms. The molecule has 0 aliphatic carbocycles. The Hall–Kier alpha value is -2.82. The maximum atomic E-state index is 14.5. The van der Waals surface area contributed by atoms with Crippen molar-refractivity contribution in [2.24, 2.45) is 0 Å². The van der Waals surface area contributed by atoms with E-state index in [1.54, 1.807) is 42.5 Å². The van der Waals surface area contributed by atoms with Gasteiger partial charge in [0.05, 0.1) is 28.6 Å². The number of imidazole rings is 1. The van der Waals surface area contributed by atoms with Crippen molar-refractivity contribution in [1.82, 2.24) is 14.9 Å². The first kappa shape index (κ1) is 22.4. The summed E-state index contributed by atoms with van der Waals surface area (Å²) in [6, 6.07) is 11.6. The van der Waals surface area contributed by atoms with Gasteiger partial charge in [0.15, 0.2) is 9.84 Å². The van der Waals surface area contributed by atoms with E-state index in [1.165, 1.54) is 7.11 Å². The predicted molar refractivity (Wildman–Crippen MR) is 116 cm³/mol. The molecule has 1 aromatic heterocycles. The summed E-state index contributed by atoms with van der Waals surface area (Å²) in [6.07, 6.45) is -0.567. The molecular weight excluding hydrogens is 437 g/mol. The third-order valence-corrected chi connectivity index (χ3v) is 6.55. The van der Waals surface area contributed by atoms with Gasteiger partial charge in [0.2, 0.25) is 0 Å². The summed E-state index contributed by atoms with van der Waals surface area (Å²) in [6.45, 7) is 1.28. The topological polar surface area (TPSA) is 102 Å². The van der Waals surface area contributed by atoms with Crippen LogP contribution in [0.25, 0.3) is 11.0 Å². The number of carbonyl (C=O) groups is 1. The zero-order valence-electron chi connectivity index (χ0n) is 17.7. The fourth-order valence-corrected chi connectivity index (χ4v) is 4.39. The molecule has 2 aromatic carbocycles. The van der Waals surface area contributed by atoms with Gasteiger partial charge in [-0.05, 0) is 35.9 Å². The van der Waals surface area contributed by atoms with Crippen molar-refractivity contribution in [2.45, 2.75) is 30.3 Å². The zero-order chi connectivity index (χ0) is 22.9. The fourth-order valence-electron chi connectivity index (χ4n) is 3.76. The van der Waals surface area contributed by atoms with E-state index in [0.29, 0.717) is 35.5 Å². The van der Waals surface area contributed by atoms with E-state index in [2.05, 4.69) is 9.97 Å². The SMILES string of the molecule is COC(=O)c1ccc2nc(CO[C@H]3CN(Cc4ccc(S(C)(=O)=O)cc4)C[C@H]3F)[nH]c2c1. The molecule has 0 saturated carbocycles. The Kier molecular flexibility index (Phi) is 6.27. The summed E-state index contributed by atoms with van der Waals surface area (Å²) in [7, 11) is -1.92. The van der Waals surface area contributed by atoms with Crippen LogP contribution in [0.5, 0.6) is 0 Å². The van der Waals surface area contributed by atoms with Gasteiger partial charge in [-0.3, -0.25) is 4.90 Å². The number of aromatic amines is 1. The van der Waals surface area contributed by atoms with Crippen LogP contribution in [-0.2, 0) is 32.5 Å². The first-order chi connectivity index (χ1) is 15.2. The van der Waals surface area contributed by atoms with Gasteiger partial charge in [0.1, 0.15) is 24.7 Å². The van der Waals surface area contributed by atoms with Gasteiger partial charge >= 0.3 is 5.97 Å². The molecule has 4 rings (SSSR count). The molecule has 1 N–H and O–H groups in total. The quantitative estimate of drug-likeness (QED) is 0.540. The Labute approximate surface area is 185 Å². The van der Waals surface area contributed by atoms with Crippen LogP contribution in [0.15, 0.2) is 47.4 Å². The number of H-pyrrole nitrogens is 1. The average Bonchev–Trinajstić information content (AvgIpc) is 3.33. The van der Waals surface area contributed by atoms with Crippen LogP contribution in [0.2, 0.25) is 0 Å². The number of nitrogens with one attached hydrogen (secondary N) is 1. The molecule has 1 aliphatic rings. The number of ether oxygens (including phenoxy) is 2. The van der Waals surface area contributed by atoms with Gasteiger partial charge in [0.25, 0.3) is 0 Å². The molecule has 1 saturated heterocycles. The van der Waals surface area contributed by atoms with Gasteiger partial charge in [-0.25, -0.2) is 22.6 Å². The van der Waals surface area contributed by atoms with Crippen LogP contribution >= 0.6 is 0 Å². The number of esters is 1. The molecule has 0 unspecified atom stereocenters. The standard InChI is InChI=1S/C22H24FN3O5S/c1-30-22(27)15-5-8-18-19(9-15)25-21(24-18)13-31-20-12-26(11-17(20)23)10-14-3-6-16(7-4-14)32(2,28)29/h3-9,17,20H,10-13H2,1-2H3,(H,24,25)/t17-,20+/m1/s1. The molecule has 0 radical (unpaired) electrons. The maximum Gasteiger partial charge on any atom is 0.337 e. The van der Waals surface area contributed by atoms with E-state index in [0.717, 1.165) is 11.8 Å². The smallest absolute Gasteiger partial charge is 0.337 e. The second-order valence-electron chi connectivity index (χ2n) is 7.88. The van der Waals surface area contributed by atoms with Gasteiger partial charge in [-0.15, -0.1) is 0 Å². The van der Waals surface area contributed by atoms with Crippen molar-refractivity contribution >= 4 is 26.8 Å². The fraction of sp³-hybridized carbons (Fsp3) is 0.364. The molecule has 2 heterocycles. The van der Waals surface area contributed by atoms with E-state index in [4.69, 9.17) is 9.47 Å². The Morgan fingerprint density at radius 3 is 2.66 bits per heavy atom. The van der Waals surface area contributed by atoms with E-state index >= 15 is 0 Å². The first-order valence-corrected chi connectivity index (χ1v) is 12.0. The van der Waals surface area contributed by atoms with Crippen molar-refractivity contribution in [3.05, 3.63) is 59.4 Å². The molecule has 32 heavy (non-hydrogen) atoms. The summed E-state index contributed by atoms with van der Waals surface area (Å²) >= 11 is 0. The van der Waals surface area contributed by atoms with Crippen molar-refractivity contribution in [2.75, 3.05) is 26.5 Å². The lowest BCUT2D eigenvalue weighted by atomic mass is 10.2. The number of aromatic nitrogens is 2. The highest BCUT2D eigenvalue weighted by Crippen LogP contribution is 2.22. The van der Waals surface area contributed by atoms with Gasteiger partial charge in [0, 0.05) is 25.9 Å². The molecular formula is C22H24FN3O5S.